The number of ketones is 1. The smallest absolute Gasteiger partial charge is 0.314 e. The maximum atomic E-state index is 12.7. The fraction of sp³-hybridized carbons (Fsp3) is 0.588. The second-order valence-electron chi connectivity index (χ2n) is 13.2. The van der Waals surface area contributed by atoms with Gasteiger partial charge in [-0.3, -0.25) is 14.5 Å². The molecule has 224 valence electrons. The number of ether oxygens (including phenoxy) is 2. The largest absolute Gasteiger partial charge is 0.504 e. The van der Waals surface area contributed by atoms with E-state index in [1.165, 1.54) is 32.8 Å². The molecule has 2 saturated heterocycles. The number of piperidine rings is 2. The quantitative estimate of drug-likeness (QED) is 0.465. The number of esters is 1. The van der Waals surface area contributed by atoms with Crippen LogP contribution >= 0.6 is 0 Å². The van der Waals surface area contributed by atoms with E-state index in [2.05, 4.69) is 10.2 Å². The molecule has 4 fully saturated rings. The number of nitrogens with zero attached hydrogens (tertiary/aromatic N) is 1. The Bertz CT molecular complexity index is 1360. The van der Waals surface area contributed by atoms with Crippen molar-refractivity contribution in [2.45, 2.75) is 92.9 Å². The summed E-state index contributed by atoms with van der Waals surface area (Å²) in [7, 11) is 1.46. The zero-order valence-corrected chi connectivity index (χ0v) is 24.4. The maximum Gasteiger partial charge on any atom is 0.314 e. The van der Waals surface area contributed by atoms with Crippen LogP contribution in [0.15, 0.2) is 42.5 Å². The normalized spacial score (nSPS) is 33.5. The van der Waals surface area contributed by atoms with Gasteiger partial charge >= 0.3 is 5.97 Å². The minimum Gasteiger partial charge on any atom is -0.504 e. The van der Waals surface area contributed by atoms with Gasteiger partial charge in [0, 0.05) is 30.6 Å². The molecule has 42 heavy (non-hydrogen) atoms. The number of hydrogen-bond acceptors (Lipinski definition) is 8. The number of Topliss-reactive ketones (excluding diaryl/α,β-unsaturated/α-hetero) is 1. The van der Waals surface area contributed by atoms with E-state index in [1.807, 2.05) is 36.4 Å². The number of benzene rings is 2. The van der Waals surface area contributed by atoms with Gasteiger partial charge in [-0.15, -0.1) is 0 Å². The lowest BCUT2D eigenvalue weighted by Crippen LogP contribution is -2.76. The lowest BCUT2D eigenvalue weighted by atomic mass is 9.49. The molecule has 6 aliphatic rings. The number of hydrogen-bond donors (Lipinski definition) is 3. The lowest BCUT2D eigenvalue weighted by Gasteiger charge is -2.62. The van der Waals surface area contributed by atoms with Gasteiger partial charge in [0.15, 0.2) is 23.4 Å². The van der Waals surface area contributed by atoms with E-state index in [-0.39, 0.29) is 35.5 Å². The number of methoxy groups -OCH3 is 1. The number of phenolic OH excluding ortho intramolecular Hbond substituents is 1. The summed E-state index contributed by atoms with van der Waals surface area (Å²) in [6, 6.07) is 13.8. The highest BCUT2D eigenvalue weighted by molar-refractivity contribution is 5.90. The van der Waals surface area contributed by atoms with Crippen molar-refractivity contribution in [3.63, 3.8) is 0 Å². The number of nitrogens with one attached hydrogen (secondary N) is 1. The van der Waals surface area contributed by atoms with Crippen molar-refractivity contribution in [3.05, 3.63) is 59.2 Å². The molecule has 3 aliphatic heterocycles. The highest BCUT2D eigenvalue weighted by Crippen LogP contribution is 2.64. The predicted octanol–water partition coefficient (Wildman–Crippen LogP) is 3.61. The highest BCUT2D eigenvalue weighted by atomic mass is 16.5. The molecule has 6 atom stereocenters. The Morgan fingerprint density at radius 2 is 1.95 bits per heavy atom. The summed E-state index contributed by atoms with van der Waals surface area (Å²) < 4.78 is 11.0. The van der Waals surface area contributed by atoms with E-state index >= 15 is 0 Å². The first-order chi connectivity index (χ1) is 20.4. The Hall–Kier alpha value is -2.94. The Morgan fingerprint density at radius 3 is 2.67 bits per heavy atom. The van der Waals surface area contributed by atoms with Crippen LogP contribution in [-0.4, -0.2) is 77.4 Å². The summed E-state index contributed by atoms with van der Waals surface area (Å²) in [6.07, 6.45) is 7.74. The van der Waals surface area contributed by atoms with Gasteiger partial charge in [-0.05, 0) is 81.1 Å². The highest BCUT2D eigenvalue weighted by Gasteiger charge is 2.73. The van der Waals surface area contributed by atoms with Crippen LogP contribution in [0.25, 0.3) is 0 Å². The van der Waals surface area contributed by atoms with Gasteiger partial charge in [0.2, 0.25) is 0 Å². The Kier molecular flexibility index (Phi) is 7.07. The minimum atomic E-state index is -0.940. The molecule has 8 nitrogen and oxygen atoms in total. The lowest BCUT2D eigenvalue weighted by molar-refractivity contribution is -0.188. The second-order valence-corrected chi connectivity index (χ2v) is 13.2. The van der Waals surface area contributed by atoms with Gasteiger partial charge < -0.3 is 25.0 Å². The monoisotopic (exact) mass is 574 g/mol. The molecular formula is C34H42N2O6. The average molecular weight is 575 g/mol. The summed E-state index contributed by atoms with van der Waals surface area (Å²) in [4.78, 5) is 27.1. The van der Waals surface area contributed by atoms with Crippen LogP contribution in [-0.2, 0) is 26.2 Å². The Balaban J connectivity index is 0.000000149. The fourth-order valence-electron chi connectivity index (χ4n) is 8.75. The molecule has 2 saturated carbocycles. The number of rotatable bonds is 5. The number of likely N-dealkylation sites (tertiary alicyclic amines) is 1. The molecule has 8 heteroatoms. The molecule has 0 aromatic heterocycles. The standard InChI is InChI=1S/C20H23NO4.C14H19NO2/c22-13-4-3-12-9-15-20(24)6-5-14(23)18-19(20,16(12)17(13)25-18)7-8-21(15)10-11-1-2-11;1-17-14(16)13(11-7-3-2-4-8-11)12-9-5-6-10-15-12/h3-4,11,15,18,22,24H,1-2,5-10H2;2-4,7-8,12-13,15H,5-6,9-10H2,1H3/t15-,18+,19+,20-;/m1./s1. The molecule has 2 unspecified atom stereocenters. The summed E-state index contributed by atoms with van der Waals surface area (Å²) in [5, 5.41) is 25.7. The van der Waals surface area contributed by atoms with Crippen LogP contribution < -0.4 is 10.1 Å². The van der Waals surface area contributed by atoms with Crippen LogP contribution in [0.2, 0.25) is 0 Å². The molecular weight excluding hydrogens is 532 g/mol. The summed E-state index contributed by atoms with van der Waals surface area (Å²) in [5.41, 5.74) is 1.49. The third-order valence-electron chi connectivity index (χ3n) is 10.9. The number of carbonyl (C=O) groups is 2. The van der Waals surface area contributed by atoms with Crippen LogP contribution in [0, 0.1) is 5.92 Å². The molecule has 1 spiro atoms. The van der Waals surface area contributed by atoms with Crippen molar-refractivity contribution in [3.8, 4) is 11.5 Å². The fourth-order valence-corrected chi connectivity index (χ4v) is 8.75. The van der Waals surface area contributed by atoms with Crippen LogP contribution in [0.1, 0.15) is 74.0 Å². The zero-order chi connectivity index (χ0) is 29.1. The number of aromatic hydroxyl groups is 1. The van der Waals surface area contributed by atoms with Gasteiger partial charge in [0.1, 0.15) is 0 Å². The SMILES string of the molecule is COC(=O)C(c1ccccc1)C1CCCCN1.O=C1CC[C@@]2(O)[C@H]3Cc4ccc(O)c5c4[C@@]2(CCN3CC2CC2)[C@H]1O5. The molecule has 3 heterocycles. The van der Waals surface area contributed by atoms with E-state index in [0.717, 1.165) is 61.5 Å². The van der Waals surface area contributed by atoms with Crippen molar-refractivity contribution in [2.75, 3.05) is 26.7 Å². The molecule has 3 aliphatic carbocycles. The van der Waals surface area contributed by atoms with E-state index in [1.54, 1.807) is 6.07 Å². The third kappa shape index (κ3) is 4.28. The van der Waals surface area contributed by atoms with Crippen molar-refractivity contribution in [1.29, 1.82) is 0 Å². The van der Waals surface area contributed by atoms with Crippen LogP contribution in [0.3, 0.4) is 0 Å². The van der Waals surface area contributed by atoms with Gasteiger partial charge in [0.25, 0.3) is 0 Å². The van der Waals surface area contributed by atoms with E-state index in [0.29, 0.717) is 18.6 Å². The van der Waals surface area contributed by atoms with Crippen molar-refractivity contribution in [2.24, 2.45) is 5.92 Å². The van der Waals surface area contributed by atoms with E-state index in [9.17, 15) is 19.8 Å². The number of phenols is 1. The van der Waals surface area contributed by atoms with Crippen LogP contribution in [0.5, 0.6) is 11.5 Å². The first-order valence-corrected chi connectivity index (χ1v) is 15.7. The minimum absolute atomic E-state index is 0.0454. The van der Waals surface area contributed by atoms with Gasteiger partial charge in [0.05, 0.1) is 24.0 Å². The number of carbonyl (C=O) groups excluding carboxylic acids is 2. The van der Waals surface area contributed by atoms with Crippen molar-refractivity contribution < 1.29 is 29.3 Å². The molecule has 2 aromatic carbocycles. The van der Waals surface area contributed by atoms with Crippen molar-refractivity contribution >= 4 is 11.8 Å². The molecule has 0 radical (unpaired) electrons. The van der Waals surface area contributed by atoms with Gasteiger partial charge in [-0.25, -0.2) is 0 Å². The number of aliphatic hydroxyl groups is 1. The Morgan fingerprint density at radius 1 is 1.14 bits per heavy atom. The van der Waals surface area contributed by atoms with Crippen LogP contribution in [0.4, 0.5) is 0 Å². The summed E-state index contributed by atoms with van der Waals surface area (Å²) >= 11 is 0. The average Bonchev–Trinajstić information content (AvgIpc) is 3.76. The first kappa shape index (κ1) is 27.9. The maximum absolute atomic E-state index is 12.7. The second kappa shape index (κ2) is 10.6. The van der Waals surface area contributed by atoms with Crippen molar-refractivity contribution in [1.82, 2.24) is 10.2 Å². The summed E-state index contributed by atoms with van der Waals surface area (Å²) in [6.45, 7) is 2.94. The molecule has 0 amide bonds. The van der Waals surface area contributed by atoms with Gasteiger partial charge in [-0.2, -0.15) is 0 Å². The molecule has 3 N–H and O–H groups in total. The topological polar surface area (TPSA) is 108 Å². The molecule has 2 aromatic rings. The van der Waals surface area contributed by atoms with Gasteiger partial charge in [-0.1, -0.05) is 42.8 Å². The molecule has 2 bridgehead atoms. The Labute approximate surface area is 247 Å². The third-order valence-corrected chi connectivity index (χ3v) is 10.9. The predicted molar refractivity (Wildman–Crippen MR) is 157 cm³/mol. The van der Waals surface area contributed by atoms with E-state index in [4.69, 9.17) is 9.47 Å². The summed E-state index contributed by atoms with van der Waals surface area (Å²) in [5.74, 6) is 1.07. The first-order valence-electron chi connectivity index (χ1n) is 15.7. The van der Waals surface area contributed by atoms with E-state index < -0.39 is 17.1 Å². The zero-order valence-electron chi connectivity index (χ0n) is 24.4. The molecule has 8 rings (SSSR count).